The SMILES string of the molecule is CCCCC(CCCC)n1ccc2cc(Br)ccc21. The number of rotatable bonds is 7. The molecule has 2 rings (SSSR count). The molecule has 0 fully saturated rings. The lowest BCUT2D eigenvalue weighted by Gasteiger charge is -2.20. The largest absolute Gasteiger partial charge is 0.344 e. The molecule has 1 aromatic carbocycles. The maximum atomic E-state index is 3.55. The molecule has 0 saturated heterocycles. The van der Waals surface area contributed by atoms with Crippen molar-refractivity contribution < 1.29 is 0 Å². The van der Waals surface area contributed by atoms with Crippen LogP contribution in [0.4, 0.5) is 0 Å². The molecule has 0 radical (unpaired) electrons. The number of fused-ring (bicyclic) bond motifs is 1. The van der Waals surface area contributed by atoms with E-state index in [2.05, 4.69) is 64.8 Å². The van der Waals surface area contributed by atoms with Crippen molar-refractivity contribution in [2.45, 2.75) is 58.4 Å². The van der Waals surface area contributed by atoms with Gasteiger partial charge in [-0.05, 0) is 37.1 Å². The monoisotopic (exact) mass is 321 g/mol. The molecular weight excluding hydrogens is 298 g/mol. The standard InChI is InChI=1S/C17H24BrN/c1-3-5-7-16(8-6-4-2)19-12-11-14-13-15(18)9-10-17(14)19/h9-13,16H,3-8H2,1-2H3. The van der Waals surface area contributed by atoms with Crippen LogP contribution in [0, 0.1) is 0 Å². The van der Waals surface area contributed by atoms with Crippen LogP contribution in [-0.4, -0.2) is 4.57 Å². The number of aromatic nitrogens is 1. The summed E-state index contributed by atoms with van der Waals surface area (Å²) in [4.78, 5) is 0. The van der Waals surface area contributed by atoms with Crippen molar-refractivity contribution in [3.8, 4) is 0 Å². The number of benzene rings is 1. The van der Waals surface area contributed by atoms with Crippen molar-refractivity contribution in [3.63, 3.8) is 0 Å². The first-order valence-electron chi connectivity index (χ1n) is 7.52. The van der Waals surface area contributed by atoms with E-state index in [1.165, 1.54) is 49.4 Å². The number of halogens is 1. The van der Waals surface area contributed by atoms with Crippen LogP contribution in [0.15, 0.2) is 34.9 Å². The fourth-order valence-electron chi connectivity index (χ4n) is 2.76. The summed E-state index contributed by atoms with van der Waals surface area (Å²) in [6.45, 7) is 4.56. The van der Waals surface area contributed by atoms with Gasteiger partial charge in [-0.15, -0.1) is 0 Å². The van der Waals surface area contributed by atoms with Crippen LogP contribution < -0.4 is 0 Å². The molecule has 0 saturated carbocycles. The number of hydrogen-bond donors (Lipinski definition) is 0. The van der Waals surface area contributed by atoms with Gasteiger partial charge in [0.25, 0.3) is 0 Å². The molecule has 2 heteroatoms. The third-order valence-corrected chi connectivity index (χ3v) is 4.35. The summed E-state index contributed by atoms with van der Waals surface area (Å²) in [5.74, 6) is 0. The minimum absolute atomic E-state index is 0.665. The van der Waals surface area contributed by atoms with Gasteiger partial charge in [-0.25, -0.2) is 0 Å². The Balaban J connectivity index is 2.26. The summed E-state index contributed by atoms with van der Waals surface area (Å²) >= 11 is 3.55. The fraction of sp³-hybridized carbons (Fsp3) is 0.529. The van der Waals surface area contributed by atoms with Gasteiger partial charge in [-0.2, -0.15) is 0 Å². The van der Waals surface area contributed by atoms with Crippen molar-refractivity contribution in [1.82, 2.24) is 4.57 Å². The zero-order valence-electron chi connectivity index (χ0n) is 12.0. The second-order valence-corrected chi connectivity index (χ2v) is 6.28. The molecule has 0 aliphatic carbocycles. The van der Waals surface area contributed by atoms with Gasteiger partial charge in [0.2, 0.25) is 0 Å². The van der Waals surface area contributed by atoms with Gasteiger partial charge in [-0.1, -0.05) is 55.5 Å². The van der Waals surface area contributed by atoms with Gasteiger partial charge in [0.05, 0.1) is 0 Å². The van der Waals surface area contributed by atoms with Crippen LogP contribution >= 0.6 is 15.9 Å². The first-order chi connectivity index (χ1) is 9.26. The smallest absolute Gasteiger partial charge is 0.0483 e. The third-order valence-electron chi connectivity index (χ3n) is 3.86. The van der Waals surface area contributed by atoms with E-state index in [1.54, 1.807) is 0 Å². The minimum Gasteiger partial charge on any atom is -0.344 e. The maximum Gasteiger partial charge on any atom is 0.0483 e. The molecule has 0 aliphatic rings. The van der Waals surface area contributed by atoms with E-state index >= 15 is 0 Å². The zero-order valence-corrected chi connectivity index (χ0v) is 13.6. The Kier molecular flexibility index (Phi) is 5.50. The molecule has 19 heavy (non-hydrogen) atoms. The lowest BCUT2D eigenvalue weighted by Crippen LogP contribution is -2.08. The van der Waals surface area contributed by atoms with Crippen molar-refractivity contribution in [3.05, 3.63) is 34.9 Å². The van der Waals surface area contributed by atoms with E-state index in [0.717, 1.165) is 4.47 Å². The number of unbranched alkanes of at least 4 members (excludes halogenated alkanes) is 2. The Bertz CT molecular complexity index is 507. The highest BCUT2D eigenvalue weighted by molar-refractivity contribution is 9.10. The van der Waals surface area contributed by atoms with Crippen molar-refractivity contribution in [2.75, 3.05) is 0 Å². The molecule has 0 amide bonds. The van der Waals surface area contributed by atoms with Gasteiger partial charge < -0.3 is 4.57 Å². The average molecular weight is 322 g/mol. The van der Waals surface area contributed by atoms with Gasteiger partial charge >= 0.3 is 0 Å². The molecule has 1 aromatic heterocycles. The lowest BCUT2D eigenvalue weighted by atomic mass is 10.0. The van der Waals surface area contributed by atoms with Crippen LogP contribution in [0.1, 0.15) is 58.4 Å². The van der Waals surface area contributed by atoms with Gasteiger partial charge in [0, 0.05) is 27.6 Å². The molecule has 0 unspecified atom stereocenters. The highest BCUT2D eigenvalue weighted by Crippen LogP contribution is 2.29. The Morgan fingerprint density at radius 3 is 2.37 bits per heavy atom. The summed E-state index contributed by atoms with van der Waals surface area (Å²) in [5, 5.41) is 1.34. The quantitative estimate of drug-likeness (QED) is 0.561. The Hall–Kier alpha value is -0.760. The van der Waals surface area contributed by atoms with Crippen molar-refractivity contribution in [1.29, 1.82) is 0 Å². The molecule has 1 nitrogen and oxygen atoms in total. The molecule has 104 valence electrons. The van der Waals surface area contributed by atoms with Crippen LogP contribution in [0.25, 0.3) is 10.9 Å². The maximum absolute atomic E-state index is 3.55. The molecule has 0 spiro atoms. The number of hydrogen-bond acceptors (Lipinski definition) is 0. The number of nitrogens with zero attached hydrogens (tertiary/aromatic N) is 1. The molecule has 0 bridgehead atoms. The van der Waals surface area contributed by atoms with E-state index in [1.807, 2.05) is 0 Å². The van der Waals surface area contributed by atoms with E-state index in [0.29, 0.717) is 6.04 Å². The van der Waals surface area contributed by atoms with Crippen molar-refractivity contribution in [2.24, 2.45) is 0 Å². The van der Waals surface area contributed by atoms with Crippen LogP contribution in [0.2, 0.25) is 0 Å². The van der Waals surface area contributed by atoms with E-state index in [4.69, 9.17) is 0 Å². The predicted molar refractivity (Wildman–Crippen MR) is 87.7 cm³/mol. The molecule has 2 aromatic rings. The molecule has 0 aliphatic heterocycles. The topological polar surface area (TPSA) is 4.93 Å². The molecule has 0 N–H and O–H groups in total. The van der Waals surface area contributed by atoms with Gasteiger partial charge in [-0.3, -0.25) is 0 Å². The second-order valence-electron chi connectivity index (χ2n) is 5.36. The lowest BCUT2D eigenvalue weighted by molar-refractivity contribution is 0.418. The average Bonchev–Trinajstić information content (AvgIpc) is 2.82. The van der Waals surface area contributed by atoms with E-state index < -0.39 is 0 Å². The van der Waals surface area contributed by atoms with Crippen LogP contribution in [0.3, 0.4) is 0 Å². The molecule has 0 atom stereocenters. The summed E-state index contributed by atoms with van der Waals surface area (Å²) in [6, 6.07) is 9.51. The second kappa shape index (κ2) is 7.14. The Morgan fingerprint density at radius 2 is 1.74 bits per heavy atom. The van der Waals surface area contributed by atoms with Crippen LogP contribution in [0.5, 0.6) is 0 Å². The predicted octanol–water partition coefficient (Wildman–Crippen LogP) is 6.33. The zero-order chi connectivity index (χ0) is 13.7. The van der Waals surface area contributed by atoms with Crippen LogP contribution in [-0.2, 0) is 0 Å². The van der Waals surface area contributed by atoms with Gasteiger partial charge in [0.1, 0.15) is 0 Å². The van der Waals surface area contributed by atoms with Crippen molar-refractivity contribution >= 4 is 26.8 Å². The normalized spacial score (nSPS) is 11.6. The van der Waals surface area contributed by atoms with E-state index in [9.17, 15) is 0 Å². The third kappa shape index (κ3) is 3.62. The summed E-state index contributed by atoms with van der Waals surface area (Å²) < 4.78 is 3.66. The fourth-order valence-corrected chi connectivity index (χ4v) is 3.13. The molecular formula is C17H24BrN. The summed E-state index contributed by atoms with van der Waals surface area (Å²) in [6.07, 6.45) is 10.1. The Labute approximate surface area is 125 Å². The summed E-state index contributed by atoms with van der Waals surface area (Å²) in [5.41, 5.74) is 1.38. The highest BCUT2D eigenvalue weighted by atomic mass is 79.9. The highest BCUT2D eigenvalue weighted by Gasteiger charge is 2.12. The Morgan fingerprint density at radius 1 is 1.05 bits per heavy atom. The van der Waals surface area contributed by atoms with E-state index in [-0.39, 0.29) is 0 Å². The summed E-state index contributed by atoms with van der Waals surface area (Å²) in [7, 11) is 0. The minimum atomic E-state index is 0.665. The molecule has 1 heterocycles. The van der Waals surface area contributed by atoms with Gasteiger partial charge in [0.15, 0.2) is 0 Å². The first kappa shape index (κ1) is 14.6. The first-order valence-corrected chi connectivity index (χ1v) is 8.31.